The summed E-state index contributed by atoms with van der Waals surface area (Å²) < 4.78 is 5.56. The summed E-state index contributed by atoms with van der Waals surface area (Å²) in [5.74, 6) is 0. The van der Waals surface area contributed by atoms with Gasteiger partial charge in [-0.05, 0) is 46.2 Å². The predicted molar refractivity (Wildman–Crippen MR) is 73.5 cm³/mol. The van der Waals surface area contributed by atoms with Crippen LogP contribution in [0.4, 0.5) is 0 Å². The Bertz CT molecular complexity index is 204. The van der Waals surface area contributed by atoms with Crippen LogP contribution >= 0.6 is 0 Å². The van der Waals surface area contributed by atoms with E-state index in [0.717, 1.165) is 26.3 Å². The van der Waals surface area contributed by atoms with Crippen molar-refractivity contribution in [3.8, 4) is 0 Å². The molecule has 0 bridgehead atoms. The van der Waals surface area contributed by atoms with Crippen LogP contribution < -0.4 is 5.32 Å². The van der Waals surface area contributed by atoms with Gasteiger partial charge in [0.05, 0.1) is 6.61 Å². The fourth-order valence-electron chi connectivity index (χ4n) is 2.65. The van der Waals surface area contributed by atoms with E-state index in [4.69, 9.17) is 4.74 Å². The fraction of sp³-hybridized carbons (Fsp3) is 1.00. The topological polar surface area (TPSA) is 24.5 Å². The molecule has 0 radical (unpaired) electrons. The van der Waals surface area contributed by atoms with Gasteiger partial charge in [-0.25, -0.2) is 0 Å². The Hall–Kier alpha value is -0.120. The highest BCUT2D eigenvalue weighted by atomic mass is 16.5. The second kappa shape index (κ2) is 7.34. The molecule has 1 unspecified atom stereocenters. The van der Waals surface area contributed by atoms with E-state index >= 15 is 0 Å². The molecule has 1 heterocycles. The summed E-state index contributed by atoms with van der Waals surface area (Å²) in [4.78, 5) is 2.60. The summed E-state index contributed by atoms with van der Waals surface area (Å²) in [6, 6.07) is 0.535. The van der Waals surface area contributed by atoms with Crippen molar-refractivity contribution < 1.29 is 4.74 Å². The average molecular weight is 242 g/mol. The predicted octanol–water partition coefficient (Wildman–Crippen LogP) is 2.27. The Morgan fingerprint density at radius 1 is 1.29 bits per heavy atom. The van der Waals surface area contributed by atoms with E-state index in [1.54, 1.807) is 0 Å². The standard InChI is InChI=1S/C14H30N2O/c1-5-14(6-2)12-16(10-8-9-15-14)13(4)11-17-7-3/h13,15H,5-12H2,1-4H3. The number of nitrogens with one attached hydrogen (secondary N) is 1. The molecule has 0 aromatic heterocycles. The minimum Gasteiger partial charge on any atom is -0.380 e. The van der Waals surface area contributed by atoms with Gasteiger partial charge in [-0.15, -0.1) is 0 Å². The Labute approximate surface area is 107 Å². The minimum absolute atomic E-state index is 0.316. The van der Waals surface area contributed by atoms with E-state index in [1.807, 2.05) is 0 Å². The molecule has 1 N–H and O–H groups in total. The minimum atomic E-state index is 0.316. The van der Waals surface area contributed by atoms with Crippen LogP contribution in [0.1, 0.15) is 47.0 Å². The second-order valence-corrected chi connectivity index (χ2v) is 5.25. The number of hydrogen-bond donors (Lipinski definition) is 1. The number of hydrogen-bond acceptors (Lipinski definition) is 3. The van der Waals surface area contributed by atoms with E-state index in [9.17, 15) is 0 Å². The molecule has 0 amide bonds. The summed E-state index contributed by atoms with van der Waals surface area (Å²) >= 11 is 0. The van der Waals surface area contributed by atoms with Crippen LogP contribution in [0.15, 0.2) is 0 Å². The van der Waals surface area contributed by atoms with Crippen LogP contribution in [0.2, 0.25) is 0 Å². The molecule has 1 rings (SSSR count). The first-order valence-electron chi connectivity index (χ1n) is 7.24. The van der Waals surface area contributed by atoms with Crippen LogP contribution in [0.25, 0.3) is 0 Å². The Balaban J connectivity index is 2.58. The number of rotatable bonds is 6. The number of nitrogens with zero attached hydrogens (tertiary/aromatic N) is 1. The first kappa shape index (κ1) is 14.9. The molecule has 0 saturated carbocycles. The van der Waals surface area contributed by atoms with Gasteiger partial charge in [0.25, 0.3) is 0 Å². The van der Waals surface area contributed by atoms with Gasteiger partial charge >= 0.3 is 0 Å². The fourth-order valence-corrected chi connectivity index (χ4v) is 2.65. The Morgan fingerprint density at radius 3 is 2.59 bits per heavy atom. The highest BCUT2D eigenvalue weighted by molar-refractivity contribution is 4.92. The van der Waals surface area contributed by atoms with Gasteiger partial charge in [0.2, 0.25) is 0 Å². The summed E-state index contributed by atoms with van der Waals surface area (Å²) in [6.07, 6.45) is 3.67. The zero-order valence-electron chi connectivity index (χ0n) is 12.1. The molecule has 1 saturated heterocycles. The van der Waals surface area contributed by atoms with Gasteiger partial charge in [0.15, 0.2) is 0 Å². The van der Waals surface area contributed by atoms with E-state index in [-0.39, 0.29) is 0 Å². The molecule has 0 aliphatic carbocycles. The molecule has 1 aliphatic heterocycles. The van der Waals surface area contributed by atoms with E-state index in [2.05, 4.69) is 37.9 Å². The Morgan fingerprint density at radius 2 is 2.00 bits per heavy atom. The van der Waals surface area contributed by atoms with Crippen molar-refractivity contribution >= 4 is 0 Å². The van der Waals surface area contributed by atoms with Crippen molar-refractivity contribution in [3.63, 3.8) is 0 Å². The lowest BCUT2D eigenvalue weighted by molar-refractivity contribution is 0.0621. The van der Waals surface area contributed by atoms with Crippen LogP contribution in [-0.2, 0) is 4.74 Å². The molecule has 0 aromatic carbocycles. The lowest BCUT2D eigenvalue weighted by Gasteiger charge is -2.38. The summed E-state index contributed by atoms with van der Waals surface area (Å²) in [7, 11) is 0. The normalized spacial score (nSPS) is 23.3. The van der Waals surface area contributed by atoms with Crippen LogP contribution in [0, 0.1) is 0 Å². The molecular formula is C14H30N2O. The zero-order valence-corrected chi connectivity index (χ0v) is 12.1. The maximum absolute atomic E-state index is 5.56. The largest absolute Gasteiger partial charge is 0.380 e. The molecule has 102 valence electrons. The molecule has 1 fully saturated rings. The average Bonchev–Trinajstić information content (AvgIpc) is 2.59. The maximum atomic E-state index is 5.56. The molecule has 3 nitrogen and oxygen atoms in total. The third-order valence-electron chi connectivity index (χ3n) is 4.17. The zero-order chi connectivity index (χ0) is 12.7. The van der Waals surface area contributed by atoms with Crippen molar-refractivity contribution in [2.24, 2.45) is 0 Å². The molecule has 3 heteroatoms. The SMILES string of the molecule is CCOCC(C)N1CCCNC(CC)(CC)C1. The maximum Gasteiger partial charge on any atom is 0.0619 e. The molecule has 1 aliphatic rings. The summed E-state index contributed by atoms with van der Waals surface area (Å²) in [6.45, 7) is 14.1. The van der Waals surface area contributed by atoms with Crippen molar-refractivity contribution in [1.29, 1.82) is 0 Å². The van der Waals surface area contributed by atoms with Gasteiger partial charge in [-0.2, -0.15) is 0 Å². The van der Waals surface area contributed by atoms with Crippen LogP contribution in [-0.4, -0.2) is 49.3 Å². The van der Waals surface area contributed by atoms with Crippen molar-refractivity contribution in [1.82, 2.24) is 10.2 Å². The first-order chi connectivity index (χ1) is 8.17. The summed E-state index contributed by atoms with van der Waals surface area (Å²) in [5, 5.41) is 3.75. The third kappa shape index (κ3) is 4.23. The first-order valence-corrected chi connectivity index (χ1v) is 7.24. The quantitative estimate of drug-likeness (QED) is 0.773. The van der Waals surface area contributed by atoms with Gasteiger partial charge in [-0.3, -0.25) is 4.90 Å². The van der Waals surface area contributed by atoms with Crippen LogP contribution in [0.3, 0.4) is 0 Å². The highest BCUT2D eigenvalue weighted by Gasteiger charge is 2.31. The highest BCUT2D eigenvalue weighted by Crippen LogP contribution is 2.21. The summed E-state index contributed by atoms with van der Waals surface area (Å²) in [5.41, 5.74) is 0.316. The Kier molecular flexibility index (Phi) is 6.45. The monoisotopic (exact) mass is 242 g/mol. The van der Waals surface area contributed by atoms with Crippen molar-refractivity contribution in [3.05, 3.63) is 0 Å². The molecule has 17 heavy (non-hydrogen) atoms. The van der Waals surface area contributed by atoms with Crippen molar-refractivity contribution in [2.75, 3.05) is 32.8 Å². The van der Waals surface area contributed by atoms with E-state index in [0.29, 0.717) is 11.6 Å². The lowest BCUT2D eigenvalue weighted by Crippen LogP contribution is -2.52. The third-order valence-corrected chi connectivity index (χ3v) is 4.17. The molecule has 0 spiro atoms. The van der Waals surface area contributed by atoms with Gasteiger partial charge in [-0.1, -0.05) is 13.8 Å². The lowest BCUT2D eigenvalue weighted by atomic mass is 9.92. The molecule has 0 aromatic rings. The van der Waals surface area contributed by atoms with Gasteiger partial charge < -0.3 is 10.1 Å². The smallest absolute Gasteiger partial charge is 0.0619 e. The molecule has 1 atom stereocenters. The van der Waals surface area contributed by atoms with Gasteiger partial charge in [0.1, 0.15) is 0 Å². The van der Waals surface area contributed by atoms with Crippen LogP contribution in [0.5, 0.6) is 0 Å². The number of ether oxygens (including phenoxy) is 1. The van der Waals surface area contributed by atoms with Crippen molar-refractivity contribution in [2.45, 2.75) is 58.5 Å². The van der Waals surface area contributed by atoms with Gasteiger partial charge in [0, 0.05) is 24.7 Å². The molecular weight excluding hydrogens is 212 g/mol. The second-order valence-electron chi connectivity index (χ2n) is 5.25. The van der Waals surface area contributed by atoms with E-state index < -0.39 is 0 Å². The van der Waals surface area contributed by atoms with E-state index in [1.165, 1.54) is 25.8 Å².